The Morgan fingerprint density at radius 2 is 2.04 bits per heavy atom. The molecule has 0 saturated carbocycles. The molecule has 0 radical (unpaired) electrons. The van der Waals surface area contributed by atoms with Gasteiger partial charge in [-0.3, -0.25) is 4.90 Å². The predicted molar refractivity (Wildman–Crippen MR) is 98.6 cm³/mol. The second-order valence-electron chi connectivity index (χ2n) is 7.24. The van der Waals surface area contributed by atoms with E-state index in [9.17, 15) is 5.11 Å². The smallest absolute Gasteiger partial charge is 0.137 e. The lowest BCUT2D eigenvalue weighted by atomic mass is 9.91. The summed E-state index contributed by atoms with van der Waals surface area (Å²) in [4.78, 5) is 6.77. The highest BCUT2D eigenvalue weighted by atomic mass is 16.5. The van der Waals surface area contributed by atoms with E-state index >= 15 is 0 Å². The number of aromatic nitrogens is 2. The van der Waals surface area contributed by atoms with Crippen LogP contribution in [0.25, 0.3) is 0 Å². The molecule has 5 heteroatoms. The van der Waals surface area contributed by atoms with E-state index < -0.39 is 6.10 Å². The standard InChI is InChI=1S/C20H29N3O2/c1-14-10-16(11-15(2)19(14)25-4)12-23-8-5-6-17(13-23)18(24)20-21-7-9-22(20)3/h7,9-11,17-18,24H,5-6,8,12-13H2,1-4H3. The molecule has 1 fully saturated rings. The van der Waals surface area contributed by atoms with Crippen molar-refractivity contribution in [2.45, 2.75) is 39.3 Å². The van der Waals surface area contributed by atoms with E-state index in [-0.39, 0.29) is 5.92 Å². The molecule has 2 unspecified atom stereocenters. The first-order chi connectivity index (χ1) is 12.0. The molecule has 0 spiro atoms. The van der Waals surface area contributed by atoms with Gasteiger partial charge >= 0.3 is 0 Å². The summed E-state index contributed by atoms with van der Waals surface area (Å²) in [6.45, 7) is 7.08. The van der Waals surface area contributed by atoms with Crippen LogP contribution in [0.15, 0.2) is 24.5 Å². The molecule has 0 aliphatic carbocycles. The zero-order chi connectivity index (χ0) is 18.0. The van der Waals surface area contributed by atoms with Crippen molar-refractivity contribution >= 4 is 0 Å². The molecule has 136 valence electrons. The molecule has 2 atom stereocenters. The number of imidazole rings is 1. The highest BCUT2D eigenvalue weighted by Gasteiger charge is 2.29. The van der Waals surface area contributed by atoms with Crippen molar-refractivity contribution in [3.63, 3.8) is 0 Å². The summed E-state index contributed by atoms with van der Waals surface area (Å²) in [6.07, 6.45) is 5.30. The molecule has 3 rings (SSSR count). The zero-order valence-corrected chi connectivity index (χ0v) is 15.7. The van der Waals surface area contributed by atoms with Gasteiger partial charge in [-0.25, -0.2) is 4.98 Å². The molecular formula is C20H29N3O2. The Balaban J connectivity index is 1.69. The van der Waals surface area contributed by atoms with E-state index in [1.54, 1.807) is 13.3 Å². The van der Waals surface area contributed by atoms with Gasteiger partial charge < -0.3 is 14.4 Å². The maximum absolute atomic E-state index is 10.7. The van der Waals surface area contributed by atoms with Crippen LogP contribution >= 0.6 is 0 Å². The Morgan fingerprint density at radius 1 is 1.32 bits per heavy atom. The van der Waals surface area contributed by atoms with Crippen molar-refractivity contribution in [2.24, 2.45) is 13.0 Å². The minimum Gasteiger partial charge on any atom is -0.496 e. The molecule has 5 nitrogen and oxygen atoms in total. The predicted octanol–water partition coefficient (Wildman–Crippen LogP) is 2.99. The minimum absolute atomic E-state index is 0.232. The van der Waals surface area contributed by atoms with Crippen molar-refractivity contribution in [3.8, 4) is 5.75 Å². The van der Waals surface area contributed by atoms with Crippen molar-refractivity contribution in [1.29, 1.82) is 0 Å². The number of nitrogens with zero attached hydrogens (tertiary/aromatic N) is 3. The summed E-state index contributed by atoms with van der Waals surface area (Å²) in [6, 6.07) is 4.43. The largest absolute Gasteiger partial charge is 0.496 e. The fourth-order valence-electron chi connectivity index (χ4n) is 4.08. The van der Waals surface area contributed by atoms with Gasteiger partial charge in [-0.1, -0.05) is 12.1 Å². The van der Waals surface area contributed by atoms with E-state index in [0.717, 1.165) is 44.0 Å². The van der Waals surface area contributed by atoms with Crippen LogP contribution in [0, 0.1) is 19.8 Å². The molecule has 1 aliphatic rings. The number of likely N-dealkylation sites (tertiary alicyclic amines) is 1. The number of piperidine rings is 1. The maximum Gasteiger partial charge on any atom is 0.137 e. The van der Waals surface area contributed by atoms with Crippen LogP contribution in [-0.4, -0.2) is 39.8 Å². The number of aliphatic hydroxyl groups excluding tert-OH is 1. The number of ether oxygens (including phenoxy) is 1. The molecule has 1 N–H and O–H groups in total. The van der Waals surface area contributed by atoms with Gasteiger partial charge in [0.1, 0.15) is 17.7 Å². The van der Waals surface area contributed by atoms with Crippen LogP contribution in [0.5, 0.6) is 5.75 Å². The number of hydrogen-bond acceptors (Lipinski definition) is 4. The third kappa shape index (κ3) is 3.88. The fourth-order valence-corrected chi connectivity index (χ4v) is 4.08. The quantitative estimate of drug-likeness (QED) is 0.907. The minimum atomic E-state index is -0.498. The van der Waals surface area contributed by atoms with E-state index in [1.807, 2.05) is 17.8 Å². The van der Waals surface area contributed by atoms with Gasteiger partial charge in [0, 0.05) is 38.4 Å². The van der Waals surface area contributed by atoms with Crippen LogP contribution in [-0.2, 0) is 13.6 Å². The summed E-state index contributed by atoms with van der Waals surface area (Å²) in [5, 5.41) is 10.7. The van der Waals surface area contributed by atoms with E-state index in [2.05, 4.69) is 35.9 Å². The van der Waals surface area contributed by atoms with Gasteiger partial charge in [0.25, 0.3) is 0 Å². The van der Waals surface area contributed by atoms with Gasteiger partial charge in [-0.05, 0) is 49.9 Å². The molecule has 25 heavy (non-hydrogen) atoms. The molecule has 0 bridgehead atoms. The molecule has 2 heterocycles. The number of aliphatic hydroxyl groups is 1. The summed E-state index contributed by atoms with van der Waals surface area (Å²) in [7, 11) is 3.66. The summed E-state index contributed by atoms with van der Waals surface area (Å²) < 4.78 is 7.38. The van der Waals surface area contributed by atoms with Crippen molar-refractivity contribution in [2.75, 3.05) is 20.2 Å². The number of rotatable bonds is 5. The molecule has 1 aromatic heterocycles. The van der Waals surface area contributed by atoms with Crippen LogP contribution in [0.2, 0.25) is 0 Å². The monoisotopic (exact) mass is 343 g/mol. The Kier molecular flexibility index (Phi) is 5.45. The van der Waals surface area contributed by atoms with Crippen molar-refractivity contribution in [1.82, 2.24) is 14.5 Å². The Bertz CT molecular complexity index is 702. The molecule has 1 aliphatic heterocycles. The van der Waals surface area contributed by atoms with Crippen molar-refractivity contribution < 1.29 is 9.84 Å². The third-order valence-corrected chi connectivity index (χ3v) is 5.24. The SMILES string of the molecule is COc1c(C)cc(CN2CCCC(C(O)c3nccn3C)C2)cc1C. The van der Waals surface area contributed by atoms with E-state index in [1.165, 1.54) is 16.7 Å². The van der Waals surface area contributed by atoms with E-state index in [4.69, 9.17) is 4.74 Å². The number of benzene rings is 1. The average Bonchev–Trinajstić information content (AvgIpc) is 3.00. The van der Waals surface area contributed by atoms with Gasteiger partial charge in [-0.2, -0.15) is 0 Å². The van der Waals surface area contributed by atoms with Crippen LogP contribution in [0.3, 0.4) is 0 Å². The number of hydrogen-bond donors (Lipinski definition) is 1. The molecule has 2 aromatic rings. The number of aryl methyl sites for hydroxylation is 3. The third-order valence-electron chi connectivity index (χ3n) is 5.24. The van der Waals surface area contributed by atoms with Gasteiger partial charge in [0.2, 0.25) is 0 Å². The van der Waals surface area contributed by atoms with Crippen molar-refractivity contribution in [3.05, 3.63) is 47.0 Å². The van der Waals surface area contributed by atoms with E-state index in [0.29, 0.717) is 0 Å². The highest BCUT2D eigenvalue weighted by Crippen LogP contribution is 2.30. The summed E-state index contributed by atoms with van der Waals surface area (Å²) in [5.74, 6) is 1.98. The molecule has 1 aromatic carbocycles. The summed E-state index contributed by atoms with van der Waals surface area (Å²) >= 11 is 0. The van der Waals surface area contributed by atoms with Gasteiger partial charge in [0.05, 0.1) is 7.11 Å². The normalized spacial score (nSPS) is 19.8. The topological polar surface area (TPSA) is 50.5 Å². The highest BCUT2D eigenvalue weighted by molar-refractivity contribution is 5.43. The second kappa shape index (κ2) is 7.58. The molecule has 1 saturated heterocycles. The Labute approximate surface area is 150 Å². The van der Waals surface area contributed by atoms with Gasteiger partial charge in [-0.15, -0.1) is 0 Å². The zero-order valence-electron chi connectivity index (χ0n) is 15.7. The molecule has 0 amide bonds. The Hall–Kier alpha value is -1.85. The second-order valence-corrected chi connectivity index (χ2v) is 7.24. The number of methoxy groups -OCH3 is 1. The molecular weight excluding hydrogens is 314 g/mol. The van der Waals surface area contributed by atoms with Crippen LogP contribution in [0.4, 0.5) is 0 Å². The fraction of sp³-hybridized carbons (Fsp3) is 0.550. The van der Waals surface area contributed by atoms with Gasteiger partial charge in [0.15, 0.2) is 0 Å². The maximum atomic E-state index is 10.7. The first-order valence-electron chi connectivity index (χ1n) is 9.01. The first kappa shape index (κ1) is 18.0. The summed E-state index contributed by atoms with van der Waals surface area (Å²) in [5.41, 5.74) is 3.67. The first-order valence-corrected chi connectivity index (χ1v) is 9.01. The Morgan fingerprint density at radius 3 is 2.64 bits per heavy atom. The average molecular weight is 343 g/mol. The van der Waals surface area contributed by atoms with Crippen LogP contribution in [0.1, 0.15) is 41.5 Å². The lowest BCUT2D eigenvalue weighted by Gasteiger charge is -2.35. The van der Waals surface area contributed by atoms with Crippen LogP contribution < -0.4 is 4.74 Å². The lowest BCUT2D eigenvalue weighted by molar-refractivity contribution is 0.0404. The lowest BCUT2D eigenvalue weighted by Crippen LogP contribution is -2.37.